The second-order valence-corrected chi connectivity index (χ2v) is 9.98. The van der Waals surface area contributed by atoms with E-state index in [-0.39, 0.29) is 18.3 Å². The molecule has 1 fully saturated rings. The van der Waals surface area contributed by atoms with E-state index in [0.717, 1.165) is 41.0 Å². The monoisotopic (exact) mass is 558 g/mol. The lowest BCUT2D eigenvalue weighted by Crippen LogP contribution is -2.31. The minimum atomic E-state index is -0.972. The Balaban J connectivity index is 1.20. The third-order valence-corrected chi connectivity index (χ3v) is 7.08. The highest BCUT2D eigenvalue weighted by atomic mass is 35.5. The molecule has 1 aliphatic rings. The van der Waals surface area contributed by atoms with E-state index in [0.29, 0.717) is 35.3 Å². The lowest BCUT2D eigenvalue weighted by atomic mass is 10.1. The maximum atomic E-state index is 14.1. The number of hydrogen-bond acceptors (Lipinski definition) is 6. The topological polar surface area (TPSA) is 99.4 Å². The van der Waals surface area contributed by atoms with Gasteiger partial charge in [0.1, 0.15) is 18.2 Å². The third-order valence-electron chi connectivity index (χ3n) is 6.85. The highest BCUT2D eigenvalue weighted by Crippen LogP contribution is 2.25. The molecule has 3 aromatic carbocycles. The zero-order chi connectivity index (χ0) is 27.6. The molecule has 202 valence electrons. The van der Waals surface area contributed by atoms with E-state index in [1.807, 2.05) is 24.3 Å². The molecule has 1 atom stereocenters. The Morgan fingerprint density at radius 1 is 1.10 bits per heavy atom. The quantitative estimate of drug-likeness (QED) is 0.239. The van der Waals surface area contributed by atoms with Crippen molar-refractivity contribution >= 4 is 28.6 Å². The molecule has 1 aliphatic heterocycles. The molecule has 6 rings (SSSR count). The van der Waals surface area contributed by atoms with Gasteiger partial charge >= 0.3 is 5.97 Å². The van der Waals surface area contributed by atoms with Crippen LogP contribution in [0.1, 0.15) is 33.7 Å². The molecule has 1 saturated heterocycles. The van der Waals surface area contributed by atoms with Gasteiger partial charge in [0, 0.05) is 41.4 Å². The number of halogens is 2. The SMILES string of the molecule is O=C(O)c1ccc2nc(Cc3ccc(-c4nccc(OCc5ccc(Cl)cc5F)n4)cc3)n(CC3CCO3)c2c1. The van der Waals surface area contributed by atoms with Crippen LogP contribution in [0.5, 0.6) is 5.88 Å². The second kappa shape index (κ2) is 11.0. The Kier molecular flexibility index (Phi) is 7.15. The summed E-state index contributed by atoms with van der Waals surface area (Å²) in [6.45, 7) is 1.37. The van der Waals surface area contributed by atoms with Gasteiger partial charge in [-0.05, 0) is 42.3 Å². The predicted molar refractivity (Wildman–Crippen MR) is 147 cm³/mol. The van der Waals surface area contributed by atoms with E-state index in [2.05, 4.69) is 14.5 Å². The summed E-state index contributed by atoms with van der Waals surface area (Å²) in [4.78, 5) is 25.2. The summed E-state index contributed by atoms with van der Waals surface area (Å²) >= 11 is 5.82. The summed E-state index contributed by atoms with van der Waals surface area (Å²) in [5.74, 6) is 0.239. The van der Waals surface area contributed by atoms with Gasteiger partial charge < -0.3 is 19.1 Å². The Hall–Kier alpha value is -4.34. The first kappa shape index (κ1) is 25.9. The number of aromatic carboxylic acids is 1. The van der Waals surface area contributed by atoms with Gasteiger partial charge in [-0.1, -0.05) is 41.9 Å². The molecular weight excluding hydrogens is 535 g/mol. The Morgan fingerprint density at radius 3 is 2.65 bits per heavy atom. The Bertz CT molecular complexity index is 1700. The van der Waals surface area contributed by atoms with Gasteiger partial charge in [-0.3, -0.25) is 0 Å². The fourth-order valence-electron chi connectivity index (χ4n) is 4.58. The predicted octanol–water partition coefficient (Wildman–Crippen LogP) is 5.94. The van der Waals surface area contributed by atoms with Crippen LogP contribution in [0.25, 0.3) is 22.4 Å². The standard InChI is InChI=1S/C30H24ClFN4O4/c31-22-7-5-21(24(32)15-22)17-40-28-9-11-33-29(35-28)19-3-1-18(2-4-19)13-27-34-25-8-6-20(30(37)38)14-26(25)36(27)16-23-10-12-39-23/h1-9,11,14-15,23H,10,12-13,16-17H2,(H,37,38). The van der Waals surface area contributed by atoms with Crippen LogP contribution in [0.3, 0.4) is 0 Å². The summed E-state index contributed by atoms with van der Waals surface area (Å²) in [5.41, 5.74) is 3.96. The number of benzene rings is 3. The molecule has 0 bridgehead atoms. The summed E-state index contributed by atoms with van der Waals surface area (Å²) < 4.78 is 27.5. The van der Waals surface area contributed by atoms with Crippen LogP contribution in [0, 0.1) is 5.82 Å². The number of nitrogens with zero attached hydrogens (tertiary/aromatic N) is 4. The van der Waals surface area contributed by atoms with Gasteiger partial charge in [0.2, 0.25) is 5.88 Å². The minimum Gasteiger partial charge on any atom is -0.478 e. The molecule has 3 heterocycles. The zero-order valence-corrected chi connectivity index (χ0v) is 22.0. The van der Waals surface area contributed by atoms with Crippen molar-refractivity contribution in [3.05, 3.63) is 106 Å². The number of hydrogen-bond donors (Lipinski definition) is 1. The maximum Gasteiger partial charge on any atom is 0.335 e. The minimum absolute atomic E-state index is 0.0131. The van der Waals surface area contributed by atoms with Crippen molar-refractivity contribution in [3.8, 4) is 17.3 Å². The van der Waals surface area contributed by atoms with Gasteiger partial charge in [0.15, 0.2) is 5.82 Å². The summed E-state index contributed by atoms with van der Waals surface area (Å²) in [5, 5.41) is 9.79. The third kappa shape index (κ3) is 5.52. The van der Waals surface area contributed by atoms with Crippen LogP contribution in [0.2, 0.25) is 5.02 Å². The maximum absolute atomic E-state index is 14.1. The molecule has 8 nitrogen and oxygen atoms in total. The van der Waals surface area contributed by atoms with Crippen molar-refractivity contribution in [1.82, 2.24) is 19.5 Å². The smallest absolute Gasteiger partial charge is 0.335 e. The zero-order valence-electron chi connectivity index (χ0n) is 21.3. The van der Waals surface area contributed by atoms with Crippen LogP contribution in [0.4, 0.5) is 4.39 Å². The van der Waals surface area contributed by atoms with E-state index in [4.69, 9.17) is 26.1 Å². The highest BCUT2D eigenvalue weighted by Gasteiger charge is 2.22. The van der Waals surface area contributed by atoms with Crippen molar-refractivity contribution in [2.24, 2.45) is 0 Å². The number of carbonyl (C=O) groups is 1. The molecule has 0 saturated carbocycles. The molecule has 1 unspecified atom stereocenters. The van der Waals surface area contributed by atoms with Gasteiger partial charge in [0.05, 0.1) is 29.2 Å². The van der Waals surface area contributed by atoms with E-state index in [9.17, 15) is 14.3 Å². The van der Waals surface area contributed by atoms with Crippen LogP contribution >= 0.6 is 11.6 Å². The number of ether oxygens (including phenoxy) is 2. The number of fused-ring (bicyclic) bond motifs is 1. The fraction of sp³-hybridized carbons (Fsp3) is 0.200. The molecule has 5 aromatic rings. The first-order chi connectivity index (χ1) is 19.4. The largest absolute Gasteiger partial charge is 0.478 e. The number of carboxylic acid groups (broad SMARTS) is 1. The Morgan fingerprint density at radius 2 is 1.93 bits per heavy atom. The second-order valence-electron chi connectivity index (χ2n) is 9.55. The summed E-state index contributed by atoms with van der Waals surface area (Å²) in [7, 11) is 0. The van der Waals surface area contributed by atoms with E-state index < -0.39 is 11.8 Å². The van der Waals surface area contributed by atoms with Crippen molar-refractivity contribution in [3.63, 3.8) is 0 Å². The average Bonchev–Trinajstić information content (AvgIpc) is 3.26. The lowest BCUT2D eigenvalue weighted by molar-refractivity contribution is -0.0589. The molecule has 2 aromatic heterocycles. The van der Waals surface area contributed by atoms with Crippen LogP contribution < -0.4 is 4.74 Å². The van der Waals surface area contributed by atoms with Gasteiger partial charge in [-0.15, -0.1) is 0 Å². The molecule has 1 N–H and O–H groups in total. The number of carboxylic acids is 1. The Labute approximate surface area is 234 Å². The van der Waals surface area contributed by atoms with Crippen LogP contribution in [0.15, 0.2) is 72.9 Å². The molecular formula is C30H24ClFN4O4. The van der Waals surface area contributed by atoms with E-state index >= 15 is 0 Å². The first-order valence-electron chi connectivity index (χ1n) is 12.8. The van der Waals surface area contributed by atoms with Crippen molar-refractivity contribution < 1.29 is 23.8 Å². The van der Waals surface area contributed by atoms with Crippen molar-refractivity contribution in [1.29, 1.82) is 0 Å². The van der Waals surface area contributed by atoms with Crippen molar-refractivity contribution in [2.75, 3.05) is 6.61 Å². The molecule has 40 heavy (non-hydrogen) atoms. The highest BCUT2D eigenvalue weighted by molar-refractivity contribution is 6.30. The first-order valence-corrected chi connectivity index (χ1v) is 13.1. The van der Waals surface area contributed by atoms with Gasteiger partial charge in [0.25, 0.3) is 0 Å². The molecule has 0 aliphatic carbocycles. The van der Waals surface area contributed by atoms with Gasteiger partial charge in [-0.2, -0.15) is 4.98 Å². The lowest BCUT2D eigenvalue weighted by Gasteiger charge is -2.27. The number of imidazole rings is 1. The average molecular weight is 559 g/mol. The van der Waals surface area contributed by atoms with Gasteiger partial charge in [-0.25, -0.2) is 19.2 Å². The van der Waals surface area contributed by atoms with E-state index in [1.54, 1.807) is 42.6 Å². The summed E-state index contributed by atoms with van der Waals surface area (Å²) in [6.07, 6.45) is 3.21. The molecule has 0 radical (unpaired) electrons. The fourth-order valence-corrected chi connectivity index (χ4v) is 4.74. The molecule has 0 amide bonds. The van der Waals surface area contributed by atoms with Crippen LogP contribution in [-0.2, 0) is 24.3 Å². The van der Waals surface area contributed by atoms with Crippen LogP contribution in [-0.4, -0.2) is 43.3 Å². The normalized spacial score (nSPS) is 14.7. The summed E-state index contributed by atoms with van der Waals surface area (Å²) in [6, 6.07) is 18.9. The molecule has 0 spiro atoms. The number of aromatic nitrogens is 4. The molecule has 10 heteroatoms. The number of rotatable bonds is 9. The van der Waals surface area contributed by atoms with E-state index in [1.165, 1.54) is 6.07 Å². The van der Waals surface area contributed by atoms with Crippen molar-refractivity contribution in [2.45, 2.75) is 32.1 Å².